The Morgan fingerprint density at radius 1 is 1.21 bits per heavy atom. The fourth-order valence-electron chi connectivity index (χ4n) is 3.15. The number of rotatable bonds is 3. The van der Waals surface area contributed by atoms with E-state index in [9.17, 15) is 4.79 Å². The zero-order valence-electron chi connectivity index (χ0n) is 18.4. The number of nitrogens with zero attached hydrogens (tertiary/aromatic N) is 4. The van der Waals surface area contributed by atoms with Gasteiger partial charge in [0.05, 0.1) is 22.4 Å². The van der Waals surface area contributed by atoms with Gasteiger partial charge in [-0.25, -0.2) is 9.67 Å². The largest absolute Gasteiger partial charge is 0.324 e. The number of hydrogen-bond donors (Lipinski definition) is 1. The van der Waals surface area contributed by atoms with Gasteiger partial charge >= 0.3 is 0 Å². The Morgan fingerprint density at radius 2 is 1.90 bits per heavy atom. The smallest absolute Gasteiger partial charge is 0.291 e. The van der Waals surface area contributed by atoms with Crippen LogP contribution >= 0.6 is 11.3 Å². The van der Waals surface area contributed by atoms with Gasteiger partial charge in [-0.1, -0.05) is 52.0 Å². The van der Waals surface area contributed by atoms with Gasteiger partial charge in [-0.2, -0.15) is 5.10 Å². The summed E-state index contributed by atoms with van der Waals surface area (Å²) in [5.41, 5.74) is 9.39. The van der Waals surface area contributed by atoms with E-state index < -0.39 is 0 Å². The van der Waals surface area contributed by atoms with Gasteiger partial charge in [0.2, 0.25) is 0 Å². The van der Waals surface area contributed by atoms with Crippen molar-refractivity contribution in [3.8, 4) is 0 Å². The molecule has 2 N–H and O–H groups in total. The SMILES string of the molecule is CC.CC.Cc1nc2c(s1)c1cnn(Cc3cccc(C(C)N)c3)c(=O)c1n2C. The molecule has 1 aromatic carbocycles. The summed E-state index contributed by atoms with van der Waals surface area (Å²) < 4.78 is 4.39. The van der Waals surface area contributed by atoms with Crippen molar-refractivity contribution in [3.63, 3.8) is 0 Å². The average Bonchev–Trinajstić information content (AvgIpc) is 3.24. The standard InChI is InChI=1S/C18H19N5OS.2C2H6/c1-10(19)13-6-4-5-12(7-13)9-23-18(24)15-14(8-20-23)16-17(22(15)3)21-11(2)25-16;2*1-2/h4-8,10H,9,19H2,1-3H3;2*1-2H3. The quantitative estimate of drug-likeness (QED) is 0.524. The van der Waals surface area contributed by atoms with E-state index in [-0.39, 0.29) is 11.6 Å². The van der Waals surface area contributed by atoms with Crippen molar-refractivity contribution in [1.82, 2.24) is 19.3 Å². The number of nitrogens with two attached hydrogens (primary N) is 1. The molecule has 3 aromatic heterocycles. The summed E-state index contributed by atoms with van der Waals surface area (Å²) in [4.78, 5) is 17.5. The summed E-state index contributed by atoms with van der Waals surface area (Å²) in [7, 11) is 1.88. The molecule has 1 atom stereocenters. The van der Waals surface area contributed by atoms with Gasteiger partial charge in [-0.15, -0.1) is 11.3 Å². The van der Waals surface area contributed by atoms with Crippen LogP contribution < -0.4 is 11.3 Å². The highest BCUT2D eigenvalue weighted by molar-refractivity contribution is 7.19. The maximum absolute atomic E-state index is 13.0. The van der Waals surface area contributed by atoms with Crippen molar-refractivity contribution in [3.05, 3.63) is 57.0 Å². The normalized spacial score (nSPS) is 11.6. The maximum Gasteiger partial charge on any atom is 0.291 e. The van der Waals surface area contributed by atoms with Crippen LogP contribution in [0.1, 0.15) is 56.8 Å². The summed E-state index contributed by atoms with van der Waals surface area (Å²) >= 11 is 1.59. The molecular weight excluding hydrogens is 382 g/mol. The topological polar surface area (TPSA) is 78.7 Å². The van der Waals surface area contributed by atoms with Gasteiger partial charge < -0.3 is 10.3 Å². The third-order valence-electron chi connectivity index (χ3n) is 4.44. The predicted octanol–water partition coefficient (Wildman–Crippen LogP) is 4.77. The van der Waals surface area contributed by atoms with Crippen LogP contribution in [0.15, 0.2) is 35.3 Å². The van der Waals surface area contributed by atoms with E-state index in [0.29, 0.717) is 12.1 Å². The highest BCUT2D eigenvalue weighted by atomic mass is 32.1. The number of fused-ring (bicyclic) bond motifs is 3. The Hall–Kier alpha value is -2.51. The molecule has 0 aliphatic carbocycles. The summed E-state index contributed by atoms with van der Waals surface area (Å²) in [6, 6.07) is 7.92. The first kappa shape index (κ1) is 22.8. The molecule has 0 fully saturated rings. The van der Waals surface area contributed by atoms with Crippen LogP contribution in [0.4, 0.5) is 0 Å². The van der Waals surface area contributed by atoms with Gasteiger partial charge in [-0.05, 0) is 25.0 Å². The molecule has 0 spiro atoms. The van der Waals surface area contributed by atoms with Crippen molar-refractivity contribution >= 4 is 32.6 Å². The van der Waals surface area contributed by atoms with Crippen LogP contribution in [0.25, 0.3) is 21.3 Å². The van der Waals surface area contributed by atoms with Crippen LogP contribution in [0, 0.1) is 6.92 Å². The molecule has 0 bridgehead atoms. The number of aryl methyl sites for hydroxylation is 2. The van der Waals surface area contributed by atoms with E-state index in [1.807, 2.05) is 77.4 Å². The number of benzene rings is 1. The summed E-state index contributed by atoms with van der Waals surface area (Å²) in [5.74, 6) is 0. The highest BCUT2D eigenvalue weighted by Crippen LogP contribution is 2.30. The molecule has 7 heteroatoms. The molecule has 0 radical (unpaired) electrons. The predicted molar refractivity (Wildman–Crippen MR) is 124 cm³/mol. The lowest BCUT2D eigenvalue weighted by molar-refractivity contribution is 0.642. The Balaban J connectivity index is 0.000000707. The molecular formula is C22H31N5OS. The van der Waals surface area contributed by atoms with E-state index in [4.69, 9.17) is 5.73 Å². The van der Waals surface area contributed by atoms with Gasteiger partial charge in [0.15, 0.2) is 5.65 Å². The van der Waals surface area contributed by atoms with E-state index in [2.05, 4.69) is 10.1 Å². The molecule has 4 rings (SSSR count). The zero-order valence-corrected chi connectivity index (χ0v) is 19.2. The fraction of sp³-hybridized carbons (Fsp3) is 0.409. The first-order chi connectivity index (χ1) is 14.0. The number of thiazole rings is 1. The van der Waals surface area contributed by atoms with E-state index in [0.717, 1.165) is 31.9 Å². The second-order valence-electron chi connectivity index (χ2n) is 6.35. The van der Waals surface area contributed by atoms with Crippen LogP contribution in [0.2, 0.25) is 0 Å². The molecule has 6 nitrogen and oxygen atoms in total. The lowest BCUT2D eigenvalue weighted by atomic mass is 10.1. The van der Waals surface area contributed by atoms with Crippen molar-refractivity contribution in [2.75, 3.05) is 0 Å². The third kappa shape index (κ3) is 4.41. The number of aromatic nitrogens is 4. The summed E-state index contributed by atoms with van der Waals surface area (Å²) in [5, 5.41) is 6.24. The summed E-state index contributed by atoms with van der Waals surface area (Å²) in [6.07, 6.45) is 1.77. The minimum absolute atomic E-state index is 0.0407. The second kappa shape index (κ2) is 9.80. The molecule has 0 amide bonds. The number of hydrogen-bond acceptors (Lipinski definition) is 5. The Kier molecular flexibility index (Phi) is 7.70. The van der Waals surface area contributed by atoms with Crippen molar-refractivity contribution in [2.45, 2.75) is 54.1 Å². The highest BCUT2D eigenvalue weighted by Gasteiger charge is 2.17. The lowest BCUT2D eigenvalue weighted by Crippen LogP contribution is -2.24. The van der Waals surface area contributed by atoms with Gasteiger partial charge in [-0.3, -0.25) is 4.79 Å². The van der Waals surface area contributed by atoms with Gasteiger partial charge in [0.25, 0.3) is 5.56 Å². The van der Waals surface area contributed by atoms with Crippen LogP contribution in [0.5, 0.6) is 0 Å². The molecule has 29 heavy (non-hydrogen) atoms. The first-order valence-electron chi connectivity index (χ1n) is 10.1. The fourth-order valence-corrected chi connectivity index (χ4v) is 4.11. The third-order valence-corrected chi connectivity index (χ3v) is 5.43. The molecule has 0 aliphatic rings. The molecule has 156 valence electrons. The molecule has 3 heterocycles. The Morgan fingerprint density at radius 3 is 2.55 bits per heavy atom. The van der Waals surface area contributed by atoms with Gasteiger partial charge in [0, 0.05) is 18.5 Å². The van der Waals surface area contributed by atoms with Crippen molar-refractivity contribution < 1.29 is 0 Å². The van der Waals surface area contributed by atoms with Crippen molar-refractivity contribution in [2.24, 2.45) is 12.8 Å². The van der Waals surface area contributed by atoms with Crippen LogP contribution in [-0.2, 0) is 13.6 Å². The molecule has 4 aromatic rings. The minimum Gasteiger partial charge on any atom is -0.324 e. The second-order valence-corrected chi connectivity index (χ2v) is 7.55. The zero-order chi connectivity index (χ0) is 21.7. The summed E-state index contributed by atoms with van der Waals surface area (Å²) in [6.45, 7) is 12.3. The monoisotopic (exact) mass is 413 g/mol. The minimum atomic E-state index is -0.103. The molecule has 1 unspecified atom stereocenters. The van der Waals surface area contributed by atoms with Gasteiger partial charge in [0.1, 0.15) is 5.52 Å². The van der Waals surface area contributed by atoms with E-state index in [1.165, 1.54) is 4.68 Å². The molecule has 0 saturated heterocycles. The average molecular weight is 414 g/mol. The van der Waals surface area contributed by atoms with Crippen LogP contribution in [0.3, 0.4) is 0 Å². The van der Waals surface area contributed by atoms with Crippen LogP contribution in [-0.4, -0.2) is 19.3 Å². The maximum atomic E-state index is 13.0. The van der Waals surface area contributed by atoms with Crippen molar-refractivity contribution in [1.29, 1.82) is 0 Å². The molecule has 0 aliphatic heterocycles. The Labute approximate surface area is 176 Å². The van der Waals surface area contributed by atoms with E-state index >= 15 is 0 Å². The molecule has 0 saturated carbocycles. The van der Waals surface area contributed by atoms with E-state index in [1.54, 1.807) is 17.5 Å². The first-order valence-corrected chi connectivity index (χ1v) is 10.9. The Bertz CT molecular complexity index is 1150. The lowest BCUT2D eigenvalue weighted by Gasteiger charge is -2.09.